The first-order valence-electron chi connectivity index (χ1n) is 5.01. The summed E-state index contributed by atoms with van der Waals surface area (Å²) in [5, 5.41) is 9.55. The number of methoxy groups -OCH3 is 1. The summed E-state index contributed by atoms with van der Waals surface area (Å²) in [4.78, 5) is 0. The molecule has 0 heterocycles. The average molecular weight is 214 g/mol. The summed E-state index contributed by atoms with van der Waals surface area (Å²) < 4.78 is 18.1. The molecule has 0 spiro atoms. The lowest BCUT2D eigenvalue weighted by Crippen LogP contribution is -2.17. The molecule has 15 heavy (non-hydrogen) atoms. The molecule has 0 amide bonds. The molecule has 1 N–H and O–H groups in total. The Kier molecular flexibility index (Phi) is 5.29. The number of hydrogen-bond acceptors (Lipinski definition) is 2. The van der Waals surface area contributed by atoms with Crippen molar-refractivity contribution in [3.8, 4) is 5.75 Å². The summed E-state index contributed by atoms with van der Waals surface area (Å²) in [7, 11) is 1.47. The SMILES string of the molecule is CC.COc1ccc(C(C)(C)O)c(F)c1. The minimum Gasteiger partial charge on any atom is -0.497 e. The zero-order valence-corrected chi connectivity index (χ0v) is 9.97. The number of aliphatic hydroxyl groups is 1. The molecule has 1 rings (SSSR count). The molecule has 86 valence electrons. The number of ether oxygens (including phenoxy) is 1. The van der Waals surface area contributed by atoms with Crippen LogP contribution in [0.4, 0.5) is 4.39 Å². The van der Waals surface area contributed by atoms with E-state index in [9.17, 15) is 9.50 Å². The predicted octanol–water partition coefficient (Wildman–Crippen LogP) is 3.09. The average Bonchev–Trinajstić information content (AvgIpc) is 2.18. The second-order valence-electron chi connectivity index (χ2n) is 3.40. The Bertz CT molecular complexity index is 303. The highest BCUT2D eigenvalue weighted by molar-refractivity contribution is 5.31. The molecule has 2 nitrogen and oxygen atoms in total. The molecule has 1 aromatic rings. The molecule has 0 aromatic heterocycles. The fraction of sp³-hybridized carbons (Fsp3) is 0.500. The molecule has 3 heteroatoms. The van der Waals surface area contributed by atoms with E-state index < -0.39 is 11.4 Å². The molecule has 0 aliphatic rings. The molecule has 0 radical (unpaired) electrons. The summed E-state index contributed by atoms with van der Waals surface area (Å²) in [6.45, 7) is 7.08. The molecule has 0 fully saturated rings. The van der Waals surface area contributed by atoms with E-state index in [0.717, 1.165) is 0 Å². The van der Waals surface area contributed by atoms with Crippen LogP contribution >= 0.6 is 0 Å². The van der Waals surface area contributed by atoms with E-state index in [1.807, 2.05) is 13.8 Å². The van der Waals surface area contributed by atoms with Gasteiger partial charge < -0.3 is 9.84 Å². The number of hydrogen-bond donors (Lipinski definition) is 1. The monoisotopic (exact) mass is 214 g/mol. The molecule has 0 atom stereocenters. The predicted molar refractivity (Wildman–Crippen MR) is 59.5 cm³/mol. The highest BCUT2D eigenvalue weighted by atomic mass is 19.1. The second-order valence-corrected chi connectivity index (χ2v) is 3.40. The fourth-order valence-electron chi connectivity index (χ4n) is 1.12. The molecule has 0 saturated carbocycles. The smallest absolute Gasteiger partial charge is 0.132 e. The van der Waals surface area contributed by atoms with E-state index in [-0.39, 0.29) is 5.56 Å². The van der Waals surface area contributed by atoms with Crippen molar-refractivity contribution >= 4 is 0 Å². The van der Waals surface area contributed by atoms with Crippen LogP contribution in [0.2, 0.25) is 0 Å². The van der Waals surface area contributed by atoms with Crippen LogP contribution in [0.5, 0.6) is 5.75 Å². The molecule has 0 saturated heterocycles. The van der Waals surface area contributed by atoms with Gasteiger partial charge in [0.1, 0.15) is 11.6 Å². The van der Waals surface area contributed by atoms with Crippen LogP contribution in [0.3, 0.4) is 0 Å². The van der Waals surface area contributed by atoms with E-state index in [1.54, 1.807) is 6.07 Å². The Labute approximate surface area is 90.7 Å². The van der Waals surface area contributed by atoms with Crippen LogP contribution in [0.1, 0.15) is 33.3 Å². The Hall–Kier alpha value is -1.09. The summed E-state index contributed by atoms with van der Waals surface area (Å²) in [6.07, 6.45) is 0. The Morgan fingerprint density at radius 3 is 2.13 bits per heavy atom. The Morgan fingerprint density at radius 1 is 1.27 bits per heavy atom. The van der Waals surface area contributed by atoms with Gasteiger partial charge in [-0.05, 0) is 26.0 Å². The Balaban J connectivity index is 0.000000921. The van der Waals surface area contributed by atoms with Crippen LogP contribution in [0, 0.1) is 5.82 Å². The number of halogens is 1. The van der Waals surface area contributed by atoms with Gasteiger partial charge in [0.25, 0.3) is 0 Å². The molecule has 1 aromatic carbocycles. The highest BCUT2D eigenvalue weighted by Crippen LogP contribution is 2.25. The topological polar surface area (TPSA) is 29.5 Å². The highest BCUT2D eigenvalue weighted by Gasteiger charge is 2.20. The largest absolute Gasteiger partial charge is 0.497 e. The maximum Gasteiger partial charge on any atom is 0.132 e. The zero-order chi connectivity index (χ0) is 12.1. The molecule has 0 unspecified atom stereocenters. The second kappa shape index (κ2) is 5.71. The van der Waals surface area contributed by atoms with Crippen LogP contribution in [-0.4, -0.2) is 12.2 Å². The van der Waals surface area contributed by atoms with Crippen molar-refractivity contribution in [3.05, 3.63) is 29.6 Å². The molecule has 0 aliphatic carbocycles. The summed E-state index contributed by atoms with van der Waals surface area (Å²) in [5.41, 5.74) is -0.885. The quantitative estimate of drug-likeness (QED) is 0.819. The third-order valence-electron chi connectivity index (χ3n) is 1.84. The summed E-state index contributed by atoms with van der Waals surface area (Å²) in [5.74, 6) is -0.00245. The standard InChI is InChI=1S/C10H13FO2.C2H6/c1-10(2,12)8-5-4-7(13-3)6-9(8)11;1-2/h4-6,12H,1-3H3;1-2H3. The van der Waals surface area contributed by atoms with Gasteiger partial charge in [-0.1, -0.05) is 13.8 Å². The van der Waals surface area contributed by atoms with E-state index in [0.29, 0.717) is 5.75 Å². The Morgan fingerprint density at radius 2 is 1.80 bits per heavy atom. The van der Waals surface area contributed by atoms with Crippen LogP contribution < -0.4 is 4.74 Å². The van der Waals surface area contributed by atoms with Gasteiger partial charge in [0.2, 0.25) is 0 Å². The van der Waals surface area contributed by atoms with Gasteiger partial charge in [0, 0.05) is 11.6 Å². The van der Waals surface area contributed by atoms with Crippen molar-refractivity contribution in [1.82, 2.24) is 0 Å². The van der Waals surface area contributed by atoms with Crippen molar-refractivity contribution in [2.24, 2.45) is 0 Å². The number of benzene rings is 1. The van der Waals surface area contributed by atoms with Crippen molar-refractivity contribution in [1.29, 1.82) is 0 Å². The first kappa shape index (κ1) is 13.9. The molecular weight excluding hydrogens is 195 g/mol. The van der Waals surface area contributed by atoms with Crippen molar-refractivity contribution in [2.45, 2.75) is 33.3 Å². The molecule has 0 bridgehead atoms. The van der Waals surface area contributed by atoms with Gasteiger partial charge in [0.05, 0.1) is 12.7 Å². The van der Waals surface area contributed by atoms with Gasteiger partial charge >= 0.3 is 0 Å². The molecule has 0 aliphatic heterocycles. The minimum absolute atomic E-state index is 0.272. The van der Waals surface area contributed by atoms with Crippen molar-refractivity contribution < 1.29 is 14.2 Å². The first-order chi connectivity index (χ1) is 6.95. The van der Waals surface area contributed by atoms with Gasteiger partial charge in [-0.25, -0.2) is 4.39 Å². The van der Waals surface area contributed by atoms with Gasteiger partial charge in [0.15, 0.2) is 0 Å². The zero-order valence-electron chi connectivity index (χ0n) is 9.97. The third kappa shape index (κ3) is 3.88. The lowest BCUT2D eigenvalue weighted by Gasteiger charge is -2.18. The van der Waals surface area contributed by atoms with E-state index in [2.05, 4.69) is 0 Å². The van der Waals surface area contributed by atoms with Gasteiger partial charge in [-0.15, -0.1) is 0 Å². The summed E-state index contributed by atoms with van der Waals surface area (Å²) in [6, 6.07) is 4.40. The van der Waals surface area contributed by atoms with Crippen LogP contribution in [-0.2, 0) is 5.60 Å². The lowest BCUT2D eigenvalue weighted by atomic mass is 9.98. The summed E-state index contributed by atoms with van der Waals surface area (Å²) >= 11 is 0. The van der Waals surface area contributed by atoms with Crippen molar-refractivity contribution in [3.63, 3.8) is 0 Å². The third-order valence-corrected chi connectivity index (χ3v) is 1.84. The fourth-order valence-corrected chi connectivity index (χ4v) is 1.12. The van der Waals surface area contributed by atoms with Crippen LogP contribution in [0.15, 0.2) is 18.2 Å². The van der Waals surface area contributed by atoms with E-state index in [1.165, 1.54) is 33.1 Å². The first-order valence-corrected chi connectivity index (χ1v) is 5.01. The van der Waals surface area contributed by atoms with Crippen molar-refractivity contribution in [2.75, 3.05) is 7.11 Å². The maximum absolute atomic E-state index is 13.3. The number of rotatable bonds is 2. The maximum atomic E-state index is 13.3. The minimum atomic E-state index is -1.16. The van der Waals surface area contributed by atoms with Gasteiger partial charge in [-0.2, -0.15) is 0 Å². The normalized spacial score (nSPS) is 10.3. The van der Waals surface area contributed by atoms with E-state index in [4.69, 9.17) is 4.74 Å². The lowest BCUT2D eigenvalue weighted by molar-refractivity contribution is 0.0745. The van der Waals surface area contributed by atoms with Gasteiger partial charge in [-0.3, -0.25) is 0 Å². The van der Waals surface area contributed by atoms with E-state index >= 15 is 0 Å². The molecular formula is C12H19FO2. The van der Waals surface area contributed by atoms with Crippen LogP contribution in [0.25, 0.3) is 0 Å².